The summed E-state index contributed by atoms with van der Waals surface area (Å²) >= 11 is 0. The standard InChI is InChI=1S/C32H66O4Si2/c1-12-13-14-16-20-23-27(33)30-26(29(25-28(30)34)36-38(10,11)32(5,6)7)22-19-17-15-18-21-24-35-37(8,9)31(2,3)4/h26-27,29-30,33H,12-25H2,1-11H3/t26-,27?,29+,30?/m1/s1. The molecule has 0 spiro atoms. The molecule has 0 aromatic heterocycles. The highest BCUT2D eigenvalue weighted by Crippen LogP contribution is 2.44. The highest BCUT2D eigenvalue weighted by Gasteiger charge is 2.49. The molecule has 2 unspecified atom stereocenters. The molecule has 1 aliphatic carbocycles. The van der Waals surface area contributed by atoms with E-state index in [1.807, 2.05) is 0 Å². The van der Waals surface area contributed by atoms with Gasteiger partial charge in [0.2, 0.25) is 0 Å². The van der Waals surface area contributed by atoms with Gasteiger partial charge < -0.3 is 14.0 Å². The van der Waals surface area contributed by atoms with Gasteiger partial charge in [0.25, 0.3) is 0 Å². The lowest BCUT2D eigenvalue weighted by molar-refractivity contribution is -0.125. The Balaban J connectivity index is 2.66. The van der Waals surface area contributed by atoms with Crippen molar-refractivity contribution in [1.82, 2.24) is 0 Å². The van der Waals surface area contributed by atoms with E-state index in [1.54, 1.807) is 0 Å². The summed E-state index contributed by atoms with van der Waals surface area (Å²) in [4.78, 5) is 13.2. The van der Waals surface area contributed by atoms with E-state index in [9.17, 15) is 9.90 Å². The molecule has 226 valence electrons. The molecule has 0 aromatic rings. The second kappa shape index (κ2) is 15.8. The van der Waals surface area contributed by atoms with Crippen LogP contribution in [-0.2, 0) is 13.6 Å². The summed E-state index contributed by atoms with van der Waals surface area (Å²) in [5, 5.41) is 11.6. The minimum Gasteiger partial charge on any atom is -0.417 e. The van der Waals surface area contributed by atoms with Gasteiger partial charge >= 0.3 is 0 Å². The molecular weight excluding hydrogens is 505 g/mol. The molecule has 1 aliphatic rings. The summed E-state index contributed by atoms with van der Waals surface area (Å²) in [5.74, 6) is 0.153. The average Bonchev–Trinajstić information content (AvgIpc) is 3.07. The molecule has 6 heteroatoms. The summed E-state index contributed by atoms with van der Waals surface area (Å²) in [6, 6.07) is 0. The Morgan fingerprint density at radius 2 is 1.34 bits per heavy atom. The second-order valence-corrected chi connectivity index (χ2v) is 24.8. The number of rotatable bonds is 18. The van der Waals surface area contributed by atoms with Crippen LogP contribution < -0.4 is 0 Å². The number of Topliss-reactive ketones (excluding diaryl/α,β-unsaturated/α-hetero) is 1. The monoisotopic (exact) mass is 570 g/mol. The third kappa shape index (κ3) is 11.5. The Morgan fingerprint density at radius 1 is 0.816 bits per heavy atom. The van der Waals surface area contributed by atoms with Crippen LogP contribution in [0.5, 0.6) is 0 Å². The Bertz CT molecular complexity index is 678. The summed E-state index contributed by atoms with van der Waals surface area (Å²) in [6.45, 7) is 26.0. The maximum absolute atomic E-state index is 13.2. The first kappa shape index (κ1) is 36.0. The number of unbranched alkanes of at least 4 members (excludes halogenated alkanes) is 8. The highest BCUT2D eigenvalue weighted by atomic mass is 28.4. The maximum Gasteiger partial charge on any atom is 0.192 e. The number of hydrogen-bond donors (Lipinski definition) is 1. The van der Waals surface area contributed by atoms with Crippen LogP contribution in [-0.4, -0.2) is 46.3 Å². The SMILES string of the molecule is CCCCCCCC(O)C1C(=O)C[C@H](O[Si](C)(C)C(C)(C)C)[C@H]1CCCCCCCO[Si](C)(C)C(C)(C)C. The van der Waals surface area contributed by atoms with Crippen molar-refractivity contribution in [3.63, 3.8) is 0 Å². The van der Waals surface area contributed by atoms with E-state index in [-0.39, 0.29) is 33.8 Å². The highest BCUT2D eigenvalue weighted by molar-refractivity contribution is 6.74. The van der Waals surface area contributed by atoms with Crippen molar-refractivity contribution < 1.29 is 18.8 Å². The molecule has 4 atom stereocenters. The van der Waals surface area contributed by atoms with Crippen molar-refractivity contribution in [2.75, 3.05) is 6.61 Å². The van der Waals surface area contributed by atoms with Gasteiger partial charge in [-0.25, -0.2) is 0 Å². The van der Waals surface area contributed by atoms with Gasteiger partial charge in [0.15, 0.2) is 16.6 Å². The normalized spacial score (nSPS) is 22.3. The molecular formula is C32H66O4Si2. The third-order valence-electron chi connectivity index (χ3n) is 9.93. The van der Waals surface area contributed by atoms with Crippen LogP contribution in [0.3, 0.4) is 0 Å². The average molecular weight is 571 g/mol. The van der Waals surface area contributed by atoms with Crippen LogP contribution in [0, 0.1) is 11.8 Å². The molecule has 0 aliphatic heterocycles. The third-order valence-corrected chi connectivity index (χ3v) is 19.0. The fraction of sp³-hybridized carbons (Fsp3) is 0.969. The lowest BCUT2D eigenvalue weighted by Crippen LogP contribution is -2.45. The van der Waals surface area contributed by atoms with E-state index in [0.29, 0.717) is 6.42 Å². The molecule has 0 aromatic carbocycles. The fourth-order valence-electron chi connectivity index (χ4n) is 5.20. The Morgan fingerprint density at radius 3 is 1.92 bits per heavy atom. The molecule has 38 heavy (non-hydrogen) atoms. The Labute approximate surface area is 239 Å². The lowest BCUT2D eigenvalue weighted by atomic mass is 9.83. The molecule has 4 nitrogen and oxygen atoms in total. The zero-order chi connectivity index (χ0) is 29.2. The van der Waals surface area contributed by atoms with Crippen molar-refractivity contribution in [2.45, 2.75) is 180 Å². The van der Waals surface area contributed by atoms with Crippen molar-refractivity contribution in [2.24, 2.45) is 11.8 Å². The van der Waals surface area contributed by atoms with Gasteiger partial charge in [-0.15, -0.1) is 0 Å². The first-order chi connectivity index (χ1) is 17.4. The minimum atomic E-state index is -1.99. The van der Waals surface area contributed by atoms with Crippen molar-refractivity contribution in [3.05, 3.63) is 0 Å². The van der Waals surface area contributed by atoms with Crippen LogP contribution in [0.25, 0.3) is 0 Å². The van der Waals surface area contributed by atoms with Crippen LogP contribution >= 0.6 is 0 Å². The van der Waals surface area contributed by atoms with Gasteiger partial charge in [0.05, 0.1) is 12.2 Å². The molecule has 1 rings (SSSR count). The van der Waals surface area contributed by atoms with Gasteiger partial charge in [-0.1, -0.05) is 106 Å². The number of aliphatic hydroxyl groups excluding tert-OH is 1. The van der Waals surface area contributed by atoms with Crippen LogP contribution in [0.15, 0.2) is 0 Å². The first-order valence-electron chi connectivity index (χ1n) is 16.0. The van der Waals surface area contributed by atoms with E-state index >= 15 is 0 Å². The molecule has 1 fully saturated rings. The largest absolute Gasteiger partial charge is 0.417 e. The quantitative estimate of drug-likeness (QED) is 0.132. The van der Waals surface area contributed by atoms with Crippen LogP contribution in [0.4, 0.5) is 0 Å². The van der Waals surface area contributed by atoms with Crippen LogP contribution in [0.1, 0.15) is 132 Å². The molecule has 0 radical (unpaired) electrons. The van der Waals surface area contributed by atoms with Gasteiger partial charge in [-0.2, -0.15) is 0 Å². The van der Waals surface area contributed by atoms with Gasteiger partial charge in [-0.05, 0) is 61.4 Å². The number of carbonyl (C=O) groups is 1. The number of ketones is 1. The smallest absolute Gasteiger partial charge is 0.192 e. The summed E-state index contributed by atoms with van der Waals surface area (Å²) in [6.07, 6.45) is 13.4. The van der Waals surface area contributed by atoms with E-state index in [4.69, 9.17) is 8.85 Å². The fourth-order valence-corrected chi connectivity index (χ4v) is 7.65. The zero-order valence-electron chi connectivity index (χ0n) is 27.4. The predicted octanol–water partition coefficient (Wildman–Crippen LogP) is 9.67. The Kier molecular flexibility index (Phi) is 15.0. The van der Waals surface area contributed by atoms with E-state index in [1.165, 1.54) is 38.5 Å². The Hall–Kier alpha value is -0.0162. The van der Waals surface area contributed by atoms with E-state index < -0.39 is 22.7 Å². The van der Waals surface area contributed by atoms with Crippen LogP contribution in [0.2, 0.25) is 36.3 Å². The van der Waals surface area contributed by atoms with Crippen molar-refractivity contribution in [1.29, 1.82) is 0 Å². The molecule has 0 saturated heterocycles. The zero-order valence-corrected chi connectivity index (χ0v) is 29.4. The van der Waals surface area contributed by atoms with Gasteiger partial charge in [-0.3, -0.25) is 4.79 Å². The molecule has 1 saturated carbocycles. The van der Waals surface area contributed by atoms with Crippen molar-refractivity contribution in [3.8, 4) is 0 Å². The molecule has 1 N–H and O–H groups in total. The van der Waals surface area contributed by atoms with Gasteiger partial charge in [0, 0.05) is 18.9 Å². The maximum atomic E-state index is 13.2. The second-order valence-electron chi connectivity index (χ2n) is 15.2. The summed E-state index contributed by atoms with van der Waals surface area (Å²) in [5.41, 5.74) is 0. The number of carbonyl (C=O) groups excluding carboxylic acids is 1. The predicted molar refractivity (Wildman–Crippen MR) is 169 cm³/mol. The summed E-state index contributed by atoms with van der Waals surface area (Å²) in [7, 11) is -3.64. The van der Waals surface area contributed by atoms with Crippen molar-refractivity contribution >= 4 is 22.4 Å². The minimum absolute atomic E-state index is 0.0267. The van der Waals surface area contributed by atoms with E-state index in [2.05, 4.69) is 74.7 Å². The number of aliphatic hydroxyl groups is 1. The number of hydrogen-bond acceptors (Lipinski definition) is 4. The summed E-state index contributed by atoms with van der Waals surface area (Å²) < 4.78 is 13.2. The molecule has 0 amide bonds. The topological polar surface area (TPSA) is 55.8 Å². The first-order valence-corrected chi connectivity index (χ1v) is 21.8. The van der Waals surface area contributed by atoms with Gasteiger partial charge in [0.1, 0.15) is 5.78 Å². The van der Waals surface area contributed by atoms with E-state index in [0.717, 1.165) is 45.1 Å². The molecule has 0 bridgehead atoms. The lowest BCUT2D eigenvalue weighted by Gasteiger charge is -2.40. The molecule has 0 heterocycles.